The Labute approximate surface area is 46.2 Å². The molecule has 0 saturated heterocycles. The van der Waals surface area contributed by atoms with Crippen molar-refractivity contribution >= 4 is 0 Å². The lowest BCUT2D eigenvalue weighted by Gasteiger charge is -1.92. The highest BCUT2D eigenvalue weighted by Gasteiger charge is 2.02. The smallest absolute Gasteiger partial charge is 0.456 e. The van der Waals surface area contributed by atoms with Gasteiger partial charge in [0.15, 0.2) is 0 Å². The quantitative estimate of drug-likeness (QED) is 0.360. The van der Waals surface area contributed by atoms with Gasteiger partial charge in [-0.15, -0.1) is 0 Å². The SMILES string of the molecule is Cn1cc[n+]([O-])c1O. The van der Waals surface area contributed by atoms with Gasteiger partial charge in [-0.1, -0.05) is 0 Å². The lowest BCUT2D eigenvalue weighted by molar-refractivity contribution is -0.613. The summed E-state index contributed by atoms with van der Waals surface area (Å²) in [5, 5.41) is 18.9. The summed E-state index contributed by atoms with van der Waals surface area (Å²) in [5.41, 5.74) is 0. The van der Waals surface area contributed by atoms with Crippen LogP contribution in [-0.2, 0) is 7.05 Å². The van der Waals surface area contributed by atoms with Crippen molar-refractivity contribution in [2.45, 2.75) is 0 Å². The molecule has 0 aliphatic rings. The highest BCUT2D eigenvalue weighted by molar-refractivity contribution is 4.83. The molecule has 1 aromatic rings. The van der Waals surface area contributed by atoms with Gasteiger partial charge in [0.05, 0.1) is 7.05 Å². The molecule has 0 amide bonds. The van der Waals surface area contributed by atoms with Crippen LogP contribution in [0.2, 0.25) is 0 Å². The third-order valence-corrected chi connectivity index (χ3v) is 0.938. The van der Waals surface area contributed by atoms with E-state index in [0.717, 1.165) is 0 Å². The fourth-order valence-corrected chi connectivity index (χ4v) is 0.449. The number of aromatic nitrogens is 2. The molecule has 0 bridgehead atoms. The molecule has 0 fully saturated rings. The Hall–Kier alpha value is -1.19. The minimum absolute atomic E-state index is 0.287. The fraction of sp³-hybridized carbons (Fsp3) is 0.250. The van der Waals surface area contributed by atoms with Crippen molar-refractivity contribution in [3.8, 4) is 6.01 Å². The predicted octanol–water partition coefficient (Wildman–Crippen LogP) is -0.636. The van der Waals surface area contributed by atoms with E-state index in [1.54, 1.807) is 7.05 Å². The average molecular weight is 114 g/mol. The number of aryl methyl sites for hydroxylation is 1. The Balaban J connectivity index is 3.19. The Morgan fingerprint density at radius 1 is 1.88 bits per heavy atom. The molecule has 44 valence electrons. The zero-order valence-corrected chi connectivity index (χ0v) is 4.40. The van der Waals surface area contributed by atoms with Crippen molar-refractivity contribution in [2.75, 3.05) is 0 Å². The molecule has 0 atom stereocenters. The molecular formula is C4H6N2O2. The van der Waals surface area contributed by atoms with Crippen LogP contribution in [0.15, 0.2) is 12.4 Å². The molecule has 4 nitrogen and oxygen atoms in total. The Kier molecular flexibility index (Phi) is 0.865. The van der Waals surface area contributed by atoms with Crippen LogP contribution in [0.4, 0.5) is 0 Å². The van der Waals surface area contributed by atoms with E-state index in [2.05, 4.69) is 0 Å². The normalized spacial score (nSPS) is 9.62. The second-order valence-corrected chi connectivity index (χ2v) is 1.53. The molecule has 8 heavy (non-hydrogen) atoms. The molecule has 0 aromatic carbocycles. The van der Waals surface area contributed by atoms with Gasteiger partial charge in [0.2, 0.25) is 0 Å². The van der Waals surface area contributed by atoms with Crippen LogP contribution < -0.4 is 4.73 Å². The van der Waals surface area contributed by atoms with Gasteiger partial charge >= 0.3 is 6.01 Å². The summed E-state index contributed by atoms with van der Waals surface area (Å²) in [5.74, 6) is 0. The zero-order valence-electron chi connectivity index (χ0n) is 4.40. The van der Waals surface area contributed by atoms with E-state index in [-0.39, 0.29) is 6.01 Å². The van der Waals surface area contributed by atoms with Crippen molar-refractivity contribution in [3.05, 3.63) is 17.6 Å². The first kappa shape index (κ1) is 4.96. The Bertz CT molecular complexity index is 174. The summed E-state index contributed by atoms with van der Waals surface area (Å²) in [6.45, 7) is 0. The lowest BCUT2D eigenvalue weighted by Crippen LogP contribution is -2.22. The van der Waals surface area contributed by atoms with Crippen LogP contribution in [0.5, 0.6) is 6.01 Å². The van der Waals surface area contributed by atoms with Gasteiger partial charge in [-0.2, -0.15) is 4.57 Å². The Morgan fingerprint density at radius 3 is 2.62 bits per heavy atom. The fourth-order valence-electron chi connectivity index (χ4n) is 0.449. The lowest BCUT2D eigenvalue weighted by atomic mass is 10.9. The van der Waals surface area contributed by atoms with Gasteiger partial charge in [-0.25, -0.2) is 4.73 Å². The van der Waals surface area contributed by atoms with Gasteiger partial charge in [0, 0.05) is 0 Å². The van der Waals surface area contributed by atoms with Crippen molar-refractivity contribution in [1.29, 1.82) is 0 Å². The number of rotatable bonds is 0. The van der Waals surface area contributed by atoms with E-state index in [9.17, 15) is 5.21 Å². The highest BCUT2D eigenvalue weighted by atomic mass is 16.5. The van der Waals surface area contributed by atoms with E-state index in [1.807, 2.05) is 0 Å². The maximum absolute atomic E-state index is 10.3. The molecular weight excluding hydrogens is 108 g/mol. The number of hydrogen-bond acceptors (Lipinski definition) is 2. The van der Waals surface area contributed by atoms with Crippen molar-refractivity contribution in [2.24, 2.45) is 7.05 Å². The van der Waals surface area contributed by atoms with Gasteiger partial charge in [-0.05, 0) is 0 Å². The minimum Gasteiger partial charge on any atom is -0.708 e. The predicted molar refractivity (Wildman–Crippen MR) is 26.0 cm³/mol. The first-order valence-electron chi connectivity index (χ1n) is 2.15. The molecule has 4 heteroatoms. The van der Waals surface area contributed by atoms with Crippen LogP contribution in [0.25, 0.3) is 0 Å². The molecule has 0 radical (unpaired) electrons. The highest BCUT2D eigenvalue weighted by Crippen LogP contribution is 1.95. The van der Waals surface area contributed by atoms with Crippen molar-refractivity contribution in [3.63, 3.8) is 0 Å². The summed E-state index contributed by atoms with van der Waals surface area (Å²) in [6.07, 6.45) is 2.71. The molecule has 0 aliphatic heterocycles. The standard InChI is InChI=1S/C4H6N2O2/c1-5-2-3-6(8)4(5)7/h2-3,7H,1H3. The number of hydrogen-bond donors (Lipinski definition) is 1. The van der Waals surface area contributed by atoms with Crippen LogP contribution in [0.3, 0.4) is 0 Å². The molecule has 1 N–H and O–H groups in total. The van der Waals surface area contributed by atoms with Gasteiger partial charge in [0.25, 0.3) is 0 Å². The summed E-state index contributed by atoms with van der Waals surface area (Å²) >= 11 is 0. The second kappa shape index (κ2) is 1.40. The minimum atomic E-state index is -0.287. The molecule has 0 spiro atoms. The van der Waals surface area contributed by atoms with E-state index < -0.39 is 0 Å². The zero-order chi connectivity index (χ0) is 6.15. The summed E-state index contributed by atoms with van der Waals surface area (Å²) in [7, 11) is 1.59. The summed E-state index contributed by atoms with van der Waals surface area (Å²) < 4.78 is 1.72. The van der Waals surface area contributed by atoms with E-state index in [4.69, 9.17) is 5.11 Å². The van der Waals surface area contributed by atoms with Gasteiger partial charge < -0.3 is 10.3 Å². The maximum Gasteiger partial charge on any atom is 0.456 e. The largest absolute Gasteiger partial charge is 0.708 e. The Morgan fingerprint density at radius 2 is 2.50 bits per heavy atom. The number of nitrogens with zero attached hydrogens (tertiary/aromatic N) is 2. The summed E-state index contributed by atoms with van der Waals surface area (Å²) in [4.78, 5) is 0. The molecule has 0 unspecified atom stereocenters. The first-order chi connectivity index (χ1) is 3.72. The summed E-state index contributed by atoms with van der Waals surface area (Å²) in [6, 6.07) is -0.287. The van der Waals surface area contributed by atoms with Crippen LogP contribution in [-0.4, -0.2) is 9.67 Å². The third kappa shape index (κ3) is 0.501. The van der Waals surface area contributed by atoms with Crippen LogP contribution in [0, 0.1) is 5.21 Å². The van der Waals surface area contributed by atoms with Gasteiger partial charge in [-0.3, -0.25) is 0 Å². The van der Waals surface area contributed by atoms with Crippen molar-refractivity contribution < 1.29 is 9.84 Å². The third-order valence-electron chi connectivity index (χ3n) is 0.938. The molecule has 0 saturated carbocycles. The molecule has 1 aromatic heterocycles. The van der Waals surface area contributed by atoms with Crippen molar-refractivity contribution in [1.82, 2.24) is 4.57 Å². The monoisotopic (exact) mass is 114 g/mol. The maximum atomic E-state index is 10.3. The van der Waals surface area contributed by atoms with E-state index in [1.165, 1.54) is 17.0 Å². The second-order valence-electron chi connectivity index (χ2n) is 1.53. The molecule has 1 rings (SSSR count). The molecule has 1 heterocycles. The van der Waals surface area contributed by atoms with Crippen LogP contribution in [0.1, 0.15) is 0 Å². The number of imidazole rings is 1. The molecule has 0 aliphatic carbocycles. The van der Waals surface area contributed by atoms with Gasteiger partial charge in [0.1, 0.15) is 12.4 Å². The average Bonchev–Trinajstić information content (AvgIpc) is 1.98. The number of aromatic hydroxyl groups is 1. The van der Waals surface area contributed by atoms with E-state index >= 15 is 0 Å². The van der Waals surface area contributed by atoms with E-state index in [0.29, 0.717) is 4.73 Å². The van der Waals surface area contributed by atoms with Crippen LogP contribution >= 0.6 is 0 Å². The topological polar surface area (TPSA) is 52.1 Å². The first-order valence-corrected chi connectivity index (χ1v) is 2.15.